The molecule has 0 unspecified atom stereocenters. The molecule has 5 nitrogen and oxygen atoms in total. The molecule has 0 spiro atoms. The summed E-state index contributed by atoms with van der Waals surface area (Å²) in [4.78, 5) is 0.143. The molecule has 0 aliphatic rings. The Hall–Kier alpha value is -1.52. The number of likely N-dealkylation sites (N-methyl/N-ethyl adjacent to an activating group) is 1. The third-order valence-electron chi connectivity index (χ3n) is 5.21. The fraction of sp³-hybridized carbons (Fsp3) is 0.217. The molecule has 0 saturated carbocycles. The van der Waals surface area contributed by atoms with E-state index in [0.29, 0.717) is 12.8 Å². The SMILES string of the molecule is CN(C(Cc1ccc(Br)cc1)Cc1ccc(Br)cc1)S(=O)(=O)c1ccc(S(C)(=O)=O)cc1. The van der Waals surface area contributed by atoms with E-state index in [4.69, 9.17) is 0 Å². The summed E-state index contributed by atoms with van der Waals surface area (Å²) in [5, 5.41) is 0. The molecular formula is C23H23Br2NO4S2. The number of halogens is 2. The maximum atomic E-state index is 13.4. The molecule has 0 saturated heterocycles. The van der Waals surface area contributed by atoms with Crippen molar-refractivity contribution in [3.8, 4) is 0 Å². The second-order valence-electron chi connectivity index (χ2n) is 7.58. The third kappa shape index (κ3) is 6.29. The highest BCUT2D eigenvalue weighted by atomic mass is 79.9. The summed E-state index contributed by atoms with van der Waals surface area (Å²) in [6.45, 7) is 0. The average molecular weight is 601 g/mol. The van der Waals surface area contributed by atoms with Gasteiger partial charge >= 0.3 is 0 Å². The van der Waals surface area contributed by atoms with Gasteiger partial charge in [-0.05, 0) is 72.5 Å². The van der Waals surface area contributed by atoms with Crippen LogP contribution in [0.15, 0.2) is 91.5 Å². The first kappa shape index (κ1) is 25.1. The molecular weight excluding hydrogens is 578 g/mol. The Labute approximate surface area is 206 Å². The standard InChI is InChI=1S/C23H23Br2NO4S2/c1-26(32(29,30)23-13-11-22(12-14-23)31(2,27)28)21(15-17-3-7-19(24)8-4-17)16-18-5-9-20(25)10-6-18/h3-14,21H,15-16H2,1-2H3. The van der Waals surface area contributed by atoms with Crippen molar-refractivity contribution in [3.63, 3.8) is 0 Å². The van der Waals surface area contributed by atoms with Crippen LogP contribution in [0.3, 0.4) is 0 Å². The van der Waals surface area contributed by atoms with Crippen molar-refractivity contribution in [1.82, 2.24) is 4.31 Å². The van der Waals surface area contributed by atoms with Crippen LogP contribution in [0.4, 0.5) is 0 Å². The Balaban J connectivity index is 1.94. The Kier molecular flexibility index (Phi) is 7.98. The lowest BCUT2D eigenvalue weighted by Crippen LogP contribution is -2.40. The monoisotopic (exact) mass is 599 g/mol. The lowest BCUT2D eigenvalue weighted by atomic mass is 9.99. The zero-order valence-corrected chi connectivity index (χ0v) is 22.4. The highest BCUT2D eigenvalue weighted by Crippen LogP contribution is 2.24. The molecule has 3 aromatic rings. The summed E-state index contributed by atoms with van der Waals surface area (Å²) in [6, 6.07) is 20.6. The van der Waals surface area contributed by atoms with Gasteiger partial charge in [-0.15, -0.1) is 0 Å². The largest absolute Gasteiger partial charge is 0.243 e. The summed E-state index contributed by atoms with van der Waals surface area (Å²) in [6.07, 6.45) is 2.15. The number of hydrogen-bond acceptors (Lipinski definition) is 4. The fourth-order valence-electron chi connectivity index (χ4n) is 3.34. The van der Waals surface area contributed by atoms with Gasteiger partial charge in [0.15, 0.2) is 9.84 Å². The summed E-state index contributed by atoms with van der Waals surface area (Å²) < 4.78 is 53.5. The topological polar surface area (TPSA) is 71.5 Å². The second kappa shape index (κ2) is 10.2. The number of rotatable bonds is 8. The highest BCUT2D eigenvalue weighted by Gasteiger charge is 2.29. The number of hydrogen-bond donors (Lipinski definition) is 0. The van der Waals surface area contributed by atoms with Crippen LogP contribution in [0.25, 0.3) is 0 Å². The van der Waals surface area contributed by atoms with Gasteiger partial charge in [0.05, 0.1) is 9.79 Å². The van der Waals surface area contributed by atoms with Gasteiger partial charge in [-0.25, -0.2) is 16.8 Å². The highest BCUT2D eigenvalue weighted by molar-refractivity contribution is 9.10. The van der Waals surface area contributed by atoms with Crippen LogP contribution >= 0.6 is 31.9 Å². The molecule has 9 heteroatoms. The van der Waals surface area contributed by atoms with E-state index in [9.17, 15) is 16.8 Å². The van der Waals surface area contributed by atoms with E-state index in [1.54, 1.807) is 7.05 Å². The van der Waals surface area contributed by atoms with Crippen LogP contribution in [0.5, 0.6) is 0 Å². The third-order valence-corrected chi connectivity index (χ3v) is 9.32. The molecule has 170 valence electrons. The summed E-state index contributed by atoms with van der Waals surface area (Å²) in [5.74, 6) is 0. The van der Waals surface area contributed by atoms with Gasteiger partial charge in [0.1, 0.15) is 0 Å². The van der Waals surface area contributed by atoms with Crippen LogP contribution in [-0.2, 0) is 32.7 Å². The van der Waals surface area contributed by atoms with E-state index >= 15 is 0 Å². The van der Waals surface area contributed by atoms with E-state index in [0.717, 1.165) is 26.3 Å². The number of sulfonamides is 1. The molecule has 3 rings (SSSR count). The van der Waals surface area contributed by atoms with Crippen molar-refractivity contribution in [3.05, 3.63) is 92.9 Å². The normalized spacial score (nSPS) is 12.4. The number of benzene rings is 3. The second-order valence-corrected chi connectivity index (χ2v) is 13.4. The predicted molar refractivity (Wildman–Crippen MR) is 134 cm³/mol. The minimum absolute atomic E-state index is 0.0593. The van der Waals surface area contributed by atoms with Gasteiger partial charge in [-0.2, -0.15) is 4.31 Å². The first-order valence-corrected chi connectivity index (χ1v) is 14.7. The summed E-state index contributed by atoms with van der Waals surface area (Å²) in [5.41, 5.74) is 2.04. The molecule has 32 heavy (non-hydrogen) atoms. The van der Waals surface area contributed by atoms with E-state index in [2.05, 4.69) is 31.9 Å². The van der Waals surface area contributed by atoms with Gasteiger partial charge in [-0.3, -0.25) is 0 Å². The predicted octanol–water partition coefficient (Wildman–Crippen LogP) is 5.09. The van der Waals surface area contributed by atoms with Crippen LogP contribution in [0.2, 0.25) is 0 Å². The summed E-state index contributed by atoms with van der Waals surface area (Å²) >= 11 is 6.86. The Morgan fingerprint density at radius 1 is 0.688 bits per heavy atom. The lowest BCUT2D eigenvalue weighted by molar-refractivity contribution is 0.362. The Morgan fingerprint density at radius 2 is 1.06 bits per heavy atom. The van der Waals surface area contributed by atoms with Gasteiger partial charge in [0.25, 0.3) is 0 Å². The van der Waals surface area contributed by atoms with Gasteiger partial charge in [0, 0.05) is 28.3 Å². The molecule has 0 N–H and O–H groups in total. The van der Waals surface area contributed by atoms with Crippen LogP contribution < -0.4 is 0 Å². The molecule has 0 atom stereocenters. The molecule has 0 aliphatic carbocycles. The molecule has 0 radical (unpaired) electrons. The van der Waals surface area contributed by atoms with Crippen molar-refractivity contribution >= 4 is 51.7 Å². The average Bonchev–Trinajstić information content (AvgIpc) is 2.75. The minimum Gasteiger partial charge on any atom is -0.224 e. The van der Waals surface area contributed by atoms with Crippen LogP contribution in [0.1, 0.15) is 11.1 Å². The maximum Gasteiger partial charge on any atom is 0.243 e. The Bertz CT molecular complexity index is 1230. The fourth-order valence-corrected chi connectivity index (χ4v) is 5.85. The zero-order valence-electron chi connectivity index (χ0n) is 17.6. The van der Waals surface area contributed by atoms with Gasteiger partial charge in [0.2, 0.25) is 10.0 Å². The van der Waals surface area contributed by atoms with Gasteiger partial charge < -0.3 is 0 Å². The van der Waals surface area contributed by atoms with E-state index in [-0.39, 0.29) is 15.8 Å². The van der Waals surface area contributed by atoms with Crippen molar-refractivity contribution in [2.24, 2.45) is 0 Å². The van der Waals surface area contributed by atoms with Crippen LogP contribution in [-0.4, -0.2) is 40.5 Å². The lowest BCUT2D eigenvalue weighted by Gasteiger charge is -2.28. The Morgan fingerprint density at radius 3 is 1.44 bits per heavy atom. The van der Waals surface area contributed by atoms with E-state index < -0.39 is 19.9 Å². The van der Waals surface area contributed by atoms with Crippen molar-refractivity contribution < 1.29 is 16.8 Å². The first-order valence-electron chi connectivity index (χ1n) is 9.74. The van der Waals surface area contributed by atoms with Crippen molar-refractivity contribution in [2.45, 2.75) is 28.7 Å². The van der Waals surface area contributed by atoms with E-state index in [1.165, 1.54) is 28.6 Å². The molecule has 0 bridgehead atoms. The quantitative estimate of drug-likeness (QED) is 0.361. The zero-order chi connectivity index (χ0) is 23.5. The molecule has 0 aliphatic heterocycles. The number of nitrogens with zero attached hydrogens (tertiary/aromatic N) is 1. The molecule has 0 heterocycles. The first-order chi connectivity index (χ1) is 15.0. The van der Waals surface area contributed by atoms with Crippen molar-refractivity contribution in [2.75, 3.05) is 13.3 Å². The van der Waals surface area contributed by atoms with E-state index in [1.807, 2.05) is 48.5 Å². The minimum atomic E-state index is -3.84. The number of sulfone groups is 1. The summed E-state index contributed by atoms with van der Waals surface area (Å²) in [7, 11) is -5.67. The molecule has 0 aromatic heterocycles. The maximum absolute atomic E-state index is 13.4. The van der Waals surface area contributed by atoms with Gasteiger partial charge in [-0.1, -0.05) is 56.1 Å². The van der Waals surface area contributed by atoms with Crippen molar-refractivity contribution in [1.29, 1.82) is 0 Å². The molecule has 0 amide bonds. The smallest absolute Gasteiger partial charge is 0.224 e. The molecule has 0 fully saturated rings. The molecule has 3 aromatic carbocycles. The van der Waals surface area contributed by atoms with Crippen LogP contribution in [0, 0.1) is 0 Å².